The van der Waals surface area contributed by atoms with E-state index in [4.69, 9.17) is 4.74 Å². The van der Waals surface area contributed by atoms with Crippen molar-refractivity contribution in [3.63, 3.8) is 0 Å². The molecular formula is C22H28F3N3O3. The molecule has 31 heavy (non-hydrogen) atoms. The first-order valence-electron chi connectivity index (χ1n) is 10.8. The Balaban J connectivity index is 1.30. The number of urea groups is 1. The average molecular weight is 439 g/mol. The fourth-order valence-corrected chi connectivity index (χ4v) is 4.91. The van der Waals surface area contributed by atoms with Gasteiger partial charge in [-0.15, -0.1) is 0 Å². The van der Waals surface area contributed by atoms with Crippen molar-refractivity contribution < 1.29 is 27.5 Å². The molecule has 1 N–H and O–H groups in total. The molecule has 1 unspecified atom stereocenters. The summed E-state index contributed by atoms with van der Waals surface area (Å²) in [5, 5.41) is 2.91. The number of fused-ring (bicyclic) bond motifs is 1. The van der Waals surface area contributed by atoms with E-state index in [1.165, 1.54) is 0 Å². The number of hydrogen-bond donors (Lipinski definition) is 1. The highest BCUT2D eigenvalue weighted by Gasteiger charge is 2.38. The number of nitrogens with one attached hydrogen (secondary N) is 1. The standard InChI is InChI=1S/C22H28F3N3O3/c1-14(15-2-4-17(5-3-15)22(23,24)25)16-6-9-27(10-7-16)21(30)28-11-8-19-18(12-28)26-20(29)13-31-19/h2-5,14,16,18-19H,6-13H2,1H3,(H,26,29)/t14?,18-,19+/m1/s1. The van der Waals surface area contributed by atoms with Crippen LogP contribution in [0.4, 0.5) is 18.0 Å². The smallest absolute Gasteiger partial charge is 0.366 e. The second kappa shape index (κ2) is 8.68. The lowest BCUT2D eigenvalue weighted by molar-refractivity contribution is -0.140. The molecule has 1 aromatic rings. The first-order chi connectivity index (χ1) is 14.7. The molecule has 3 aliphatic heterocycles. The Morgan fingerprint density at radius 3 is 2.39 bits per heavy atom. The molecule has 0 saturated carbocycles. The molecule has 1 aromatic carbocycles. The lowest BCUT2D eigenvalue weighted by atomic mass is 9.81. The van der Waals surface area contributed by atoms with Crippen molar-refractivity contribution in [3.8, 4) is 0 Å². The Morgan fingerprint density at radius 2 is 1.74 bits per heavy atom. The summed E-state index contributed by atoms with van der Waals surface area (Å²) in [5.41, 5.74) is 0.264. The SMILES string of the molecule is CC(c1ccc(C(F)(F)F)cc1)C1CCN(C(=O)N2CC[C@@H]3OCC(=O)N[C@@H]3C2)CC1. The first-order valence-corrected chi connectivity index (χ1v) is 10.8. The molecule has 0 bridgehead atoms. The van der Waals surface area contributed by atoms with Crippen LogP contribution in [0.15, 0.2) is 24.3 Å². The van der Waals surface area contributed by atoms with Gasteiger partial charge in [-0.25, -0.2) is 4.79 Å². The van der Waals surface area contributed by atoms with Gasteiger partial charge in [-0.05, 0) is 48.8 Å². The number of rotatable bonds is 2. The highest BCUT2D eigenvalue weighted by atomic mass is 19.4. The van der Waals surface area contributed by atoms with Crippen molar-refractivity contribution in [2.75, 3.05) is 32.8 Å². The number of nitrogens with zero attached hydrogens (tertiary/aromatic N) is 2. The number of halogens is 3. The van der Waals surface area contributed by atoms with Crippen LogP contribution in [0, 0.1) is 5.92 Å². The largest absolute Gasteiger partial charge is 0.416 e. The number of amides is 3. The normalized spacial score (nSPS) is 26.3. The number of likely N-dealkylation sites (tertiary alicyclic amines) is 2. The number of carbonyl (C=O) groups excluding carboxylic acids is 2. The quantitative estimate of drug-likeness (QED) is 0.770. The summed E-state index contributed by atoms with van der Waals surface area (Å²) in [6.07, 6.45) is -2.02. The maximum Gasteiger partial charge on any atom is 0.416 e. The van der Waals surface area contributed by atoms with Crippen LogP contribution in [-0.4, -0.2) is 66.7 Å². The molecule has 4 rings (SSSR count). The number of morpholine rings is 1. The van der Waals surface area contributed by atoms with Crippen LogP contribution in [0.1, 0.15) is 43.2 Å². The van der Waals surface area contributed by atoms with Crippen LogP contribution < -0.4 is 5.32 Å². The van der Waals surface area contributed by atoms with Gasteiger partial charge < -0.3 is 19.9 Å². The van der Waals surface area contributed by atoms with Crippen LogP contribution in [0.5, 0.6) is 0 Å². The van der Waals surface area contributed by atoms with Gasteiger partial charge in [0.2, 0.25) is 5.91 Å². The van der Waals surface area contributed by atoms with E-state index in [-0.39, 0.29) is 36.6 Å². The van der Waals surface area contributed by atoms with E-state index in [0.717, 1.165) is 30.5 Å². The number of hydrogen-bond acceptors (Lipinski definition) is 3. The zero-order valence-corrected chi connectivity index (χ0v) is 17.5. The second-order valence-corrected chi connectivity index (χ2v) is 8.77. The zero-order valence-electron chi connectivity index (χ0n) is 17.5. The van der Waals surface area contributed by atoms with Crippen molar-refractivity contribution in [1.82, 2.24) is 15.1 Å². The minimum absolute atomic E-state index is 0.0149. The van der Waals surface area contributed by atoms with E-state index < -0.39 is 11.7 Å². The molecule has 0 spiro atoms. The van der Waals surface area contributed by atoms with Gasteiger partial charge in [-0.3, -0.25) is 4.79 Å². The molecule has 3 amide bonds. The van der Waals surface area contributed by atoms with Gasteiger partial charge in [0, 0.05) is 26.2 Å². The van der Waals surface area contributed by atoms with E-state index >= 15 is 0 Å². The molecule has 0 aliphatic carbocycles. The lowest BCUT2D eigenvalue weighted by Crippen LogP contribution is -2.62. The number of ether oxygens (including phenoxy) is 1. The van der Waals surface area contributed by atoms with Crippen molar-refractivity contribution in [1.29, 1.82) is 0 Å². The van der Waals surface area contributed by atoms with E-state index in [0.29, 0.717) is 38.5 Å². The Kier molecular flexibility index (Phi) is 6.14. The molecule has 3 atom stereocenters. The van der Waals surface area contributed by atoms with Crippen LogP contribution in [-0.2, 0) is 15.7 Å². The van der Waals surface area contributed by atoms with Gasteiger partial charge in [0.25, 0.3) is 0 Å². The summed E-state index contributed by atoms with van der Waals surface area (Å²) in [7, 11) is 0. The Hall–Kier alpha value is -2.29. The van der Waals surface area contributed by atoms with Gasteiger partial charge in [0.15, 0.2) is 0 Å². The Morgan fingerprint density at radius 1 is 1.10 bits per heavy atom. The Bertz CT molecular complexity index is 806. The van der Waals surface area contributed by atoms with Gasteiger partial charge in [0.1, 0.15) is 6.61 Å². The van der Waals surface area contributed by atoms with Gasteiger partial charge in [0.05, 0.1) is 17.7 Å². The third kappa shape index (κ3) is 4.81. The van der Waals surface area contributed by atoms with E-state index in [1.54, 1.807) is 17.0 Å². The van der Waals surface area contributed by atoms with Crippen molar-refractivity contribution in [2.45, 2.75) is 50.4 Å². The minimum atomic E-state index is -4.32. The van der Waals surface area contributed by atoms with Crippen LogP contribution in [0.3, 0.4) is 0 Å². The fourth-order valence-electron chi connectivity index (χ4n) is 4.91. The predicted molar refractivity (Wildman–Crippen MR) is 107 cm³/mol. The minimum Gasteiger partial charge on any atom is -0.366 e. The Labute approximate surface area is 179 Å². The average Bonchev–Trinajstić information content (AvgIpc) is 2.77. The molecule has 0 aromatic heterocycles. The summed E-state index contributed by atoms with van der Waals surface area (Å²) >= 11 is 0. The number of benzene rings is 1. The third-order valence-corrected chi connectivity index (χ3v) is 6.88. The third-order valence-electron chi connectivity index (χ3n) is 6.88. The highest BCUT2D eigenvalue weighted by molar-refractivity contribution is 5.79. The number of alkyl halides is 3. The predicted octanol–water partition coefficient (Wildman–Crippen LogP) is 3.23. The van der Waals surface area contributed by atoms with Gasteiger partial charge in [-0.2, -0.15) is 13.2 Å². The van der Waals surface area contributed by atoms with Crippen LogP contribution >= 0.6 is 0 Å². The summed E-state index contributed by atoms with van der Waals surface area (Å²) < 4.78 is 43.9. The molecule has 3 saturated heterocycles. The van der Waals surface area contributed by atoms with Crippen molar-refractivity contribution in [2.24, 2.45) is 5.92 Å². The summed E-state index contributed by atoms with van der Waals surface area (Å²) in [5.74, 6) is 0.302. The molecular weight excluding hydrogens is 411 g/mol. The maximum atomic E-state index is 13.0. The zero-order chi connectivity index (χ0) is 22.2. The van der Waals surface area contributed by atoms with Gasteiger partial charge in [-0.1, -0.05) is 19.1 Å². The lowest BCUT2D eigenvalue weighted by Gasteiger charge is -2.43. The van der Waals surface area contributed by atoms with Gasteiger partial charge >= 0.3 is 12.2 Å². The van der Waals surface area contributed by atoms with Crippen molar-refractivity contribution >= 4 is 11.9 Å². The van der Waals surface area contributed by atoms with E-state index in [1.807, 2.05) is 11.8 Å². The summed E-state index contributed by atoms with van der Waals surface area (Å²) in [6, 6.07) is 5.24. The number of piperidine rings is 2. The molecule has 9 heteroatoms. The monoisotopic (exact) mass is 439 g/mol. The first kappa shape index (κ1) is 21.9. The van der Waals surface area contributed by atoms with Crippen LogP contribution in [0.2, 0.25) is 0 Å². The van der Waals surface area contributed by atoms with E-state index in [2.05, 4.69) is 5.32 Å². The second-order valence-electron chi connectivity index (χ2n) is 8.77. The summed E-state index contributed by atoms with van der Waals surface area (Å²) in [4.78, 5) is 28.2. The topological polar surface area (TPSA) is 61.9 Å². The van der Waals surface area contributed by atoms with E-state index in [9.17, 15) is 22.8 Å². The number of carbonyl (C=O) groups is 2. The van der Waals surface area contributed by atoms with Crippen LogP contribution in [0.25, 0.3) is 0 Å². The molecule has 170 valence electrons. The highest BCUT2D eigenvalue weighted by Crippen LogP contribution is 2.35. The molecule has 3 heterocycles. The maximum absolute atomic E-state index is 13.0. The fraction of sp³-hybridized carbons (Fsp3) is 0.636. The molecule has 3 aliphatic rings. The molecule has 0 radical (unpaired) electrons. The van der Waals surface area contributed by atoms with Crippen molar-refractivity contribution in [3.05, 3.63) is 35.4 Å². The summed E-state index contributed by atoms with van der Waals surface area (Å²) in [6.45, 7) is 4.44. The molecule has 6 nitrogen and oxygen atoms in total. The molecule has 3 fully saturated rings.